The molecule has 2 heterocycles. The van der Waals surface area contributed by atoms with Crippen molar-refractivity contribution in [3.8, 4) is 10.9 Å². The SMILES string of the molecule is NCc1nnc(Oc2cccnc2)s1. The predicted octanol–water partition coefficient (Wildman–Crippen LogP) is 1.18. The summed E-state index contributed by atoms with van der Waals surface area (Å²) in [5.41, 5.74) is 5.40. The molecular formula is C8H8N4OS. The van der Waals surface area contributed by atoms with Crippen molar-refractivity contribution in [1.82, 2.24) is 15.2 Å². The quantitative estimate of drug-likeness (QED) is 0.819. The highest BCUT2D eigenvalue weighted by Crippen LogP contribution is 2.23. The van der Waals surface area contributed by atoms with Crippen LogP contribution in [-0.2, 0) is 6.54 Å². The Kier molecular flexibility index (Phi) is 2.66. The van der Waals surface area contributed by atoms with Crippen molar-refractivity contribution in [2.45, 2.75) is 6.54 Å². The van der Waals surface area contributed by atoms with Crippen molar-refractivity contribution in [2.75, 3.05) is 0 Å². The van der Waals surface area contributed by atoms with Gasteiger partial charge in [0.15, 0.2) is 0 Å². The molecule has 2 aromatic rings. The standard InChI is InChI=1S/C8H8N4OS/c9-4-7-11-12-8(14-7)13-6-2-1-3-10-5-6/h1-3,5H,4,9H2. The van der Waals surface area contributed by atoms with Crippen LogP contribution in [0.25, 0.3) is 0 Å². The van der Waals surface area contributed by atoms with Crippen molar-refractivity contribution < 1.29 is 4.74 Å². The topological polar surface area (TPSA) is 73.9 Å². The molecule has 0 spiro atoms. The fourth-order valence-corrected chi connectivity index (χ4v) is 1.46. The van der Waals surface area contributed by atoms with E-state index < -0.39 is 0 Å². The fraction of sp³-hybridized carbons (Fsp3) is 0.125. The zero-order valence-electron chi connectivity index (χ0n) is 7.25. The maximum absolute atomic E-state index is 5.40. The van der Waals surface area contributed by atoms with Gasteiger partial charge in [-0.3, -0.25) is 4.98 Å². The second-order valence-electron chi connectivity index (χ2n) is 2.46. The van der Waals surface area contributed by atoms with Gasteiger partial charge in [0, 0.05) is 12.7 Å². The van der Waals surface area contributed by atoms with E-state index >= 15 is 0 Å². The molecule has 2 N–H and O–H groups in total. The fourth-order valence-electron chi connectivity index (χ4n) is 0.870. The summed E-state index contributed by atoms with van der Waals surface area (Å²) in [4.78, 5) is 3.91. The largest absolute Gasteiger partial charge is 0.428 e. The zero-order valence-corrected chi connectivity index (χ0v) is 8.07. The zero-order chi connectivity index (χ0) is 9.80. The maximum atomic E-state index is 5.40. The van der Waals surface area contributed by atoms with Crippen molar-refractivity contribution in [3.05, 3.63) is 29.5 Å². The lowest BCUT2D eigenvalue weighted by molar-refractivity contribution is 0.471. The highest BCUT2D eigenvalue weighted by molar-refractivity contribution is 7.13. The van der Waals surface area contributed by atoms with Gasteiger partial charge in [-0.1, -0.05) is 16.4 Å². The van der Waals surface area contributed by atoms with E-state index in [1.54, 1.807) is 24.5 Å². The second-order valence-corrected chi connectivity index (χ2v) is 3.48. The summed E-state index contributed by atoms with van der Waals surface area (Å²) in [6, 6.07) is 3.59. The lowest BCUT2D eigenvalue weighted by Crippen LogP contribution is -1.94. The Labute approximate surface area is 84.6 Å². The summed E-state index contributed by atoms with van der Waals surface area (Å²) < 4.78 is 5.39. The summed E-state index contributed by atoms with van der Waals surface area (Å²) in [6.07, 6.45) is 3.29. The van der Waals surface area contributed by atoms with E-state index in [1.807, 2.05) is 0 Å². The molecule has 0 fully saturated rings. The molecule has 0 radical (unpaired) electrons. The number of aromatic nitrogens is 3. The molecule has 0 unspecified atom stereocenters. The van der Waals surface area contributed by atoms with Crippen LogP contribution in [0, 0.1) is 0 Å². The van der Waals surface area contributed by atoms with Crippen LogP contribution in [0.1, 0.15) is 5.01 Å². The lowest BCUT2D eigenvalue weighted by Gasteiger charge is -1.97. The Balaban J connectivity index is 2.11. The molecule has 5 nitrogen and oxygen atoms in total. The number of hydrogen-bond donors (Lipinski definition) is 1. The Morgan fingerprint density at radius 2 is 2.36 bits per heavy atom. The van der Waals surface area contributed by atoms with Crippen molar-refractivity contribution in [3.63, 3.8) is 0 Å². The van der Waals surface area contributed by atoms with E-state index in [9.17, 15) is 0 Å². The number of nitrogens with two attached hydrogens (primary N) is 1. The molecule has 0 bridgehead atoms. The number of hydrogen-bond acceptors (Lipinski definition) is 6. The Bertz CT molecular complexity index is 403. The number of rotatable bonds is 3. The van der Waals surface area contributed by atoms with Gasteiger partial charge in [-0.15, -0.1) is 5.10 Å². The molecule has 0 aliphatic heterocycles. The van der Waals surface area contributed by atoms with Gasteiger partial charge in [0.2, 0.25) is 0 Å². The minimum Gasteiger partial charge on any atom is -0.428 e. The third-order valence-electron chi connectivity index (χ3n) is 1.46. The minimum absolute atomic E-state index is 0.383. The van der Waals surface area contributed by atoms with Gasteiger partial charge < -0.3 is 10.5 Å². The molecule has 0 saturated heterocycles. The van der Waals surface area contributed by atoms with Gasteiger partial charge in [-0.2, -0.15) is 0 Å². The molecule has 0 aliphatic carbocycles. The first-order valence-corrected chi connectivity index (χ1v) is 4.80. The summed E-state index contributed by atoms with van der Waals surface area (Å²) >= 11 is 1.33. The van der Waals surface area contributed by atoms with E-state index in [0.717, 1.165) is 5.01 Å². The summed E-state index contributed by atoms with van der Waals surface area (Å²) in [5.74, 6) is 0.646. The van der Waals surface area contributed by atoms with Crippen LogP contribution < -0.4 is 10.5 Å². The molecule has 0 aromatic carbocycles. The highest BCUT2D eigenvalue weighted by Gasteiger charge is 2.04. The average Bonchev–Trinajstić information content (AvgIpc) is 2.67. The van der Waals surface area contributed by atoms with Crippen molar-refractivity contribution in [2.24, 2.45) is 5.73 Å². The van der Waals surface area contributed by atoms with E-state index in [0.29, 0.717) is 17.5 Å². The number of pyridine rings is 1. The van der Waals surface area contributed by atoms with Gasteiger partial charge in [-0.05, 0) is 12.1 Å². The minimum atomic E-state index is 0.383. The molecule has 0 aliphatic rings. The summed E-state index contributed by atoms with van der Waals surface area (Å²) in [5, 5.41) is 8.89. The monoisotopic (exact) mass is 208 g/mol. The summed E-state index contributed by atoms with van der Waals surface area (Å²) in [6.45, 7) is 0.383. The maximum Gasteiger partial charge on any atom is 0.299 e. The Hall–Kier alpha value is -1.53. The molecule has 72 valence electrons. The van der Waals surface area contributed by atoms with Crippen molar-refractivity contribution in [1.29, 1.82) is 0 Å². The number of ether oxygens (including phenoxy) is 1. The Morgan fingerprint density at radius 1 is 1.43 bits per heavy atom. The van der Waals surface area contributed by atoms with Crippen LogP contribution in [0.5, 0.6) is 10.9 Å². The van der Waals surface area contributed by atoms with E-state index in [4.69, 9.17) is 10.5 Å². The molecular weight excluding hydrogens is 200 g/mol. The van der Waals surface area contributed by atoms with E-state index in [-0.39, 0.29) is 0 Å². The molecule has 2 aromatic heterocycles. The molecule has 0 amide bonds. The van der Waals surface area contributed by atoms with E-state index in [2.05, 4.69) is 15.2 Å². The first-order chi connectivity index (χ1) is 6.88. The van der Waals surface area contributed by atoms with Gasteiger partial charge >= 0.3 is 0 Å². The van der Waals surface area contributed by atoms with Gasteiger partial charge in [0.1, 0.15) is 10.8 Å². The molecule has 0 saturated carbocycles. The third-order valence-corrected chi connectivity index (χ3v) is 2.29. The van der Waals surface area contributed by atoms with Crippen LogP contribution in [0.15, 0.2) is 24.5 Å². The second kappa shape index (κ2) is 4.12. The molecule has 14 heavy (non-hydrogen) atoms. The van der Waals surface area contributed by atoms with E-state index in [1.165, 1.54) is 11.3 Å². The molecule has 2 rings (SSSR count). The van der Waals surface area contributed by atoms with Crippen LogP contribution in [-0.4, -0.2) is 15.2 Å². The van der Waals surface area contributed by atoms with Crippen LogP contribution >= 0.6 is 11.3 Å². The van der Waals surface area contributed by atoms with Crippen LogP contribution in [0.4, 0.5) is 0 Å². The van der Waals surface area contributed by atoms with Crippen molar-refractivity contribution >= 4 is 11.3 Å². The Morgan fingerprint density at radius 3 is 3.00 bits per heavy atom. The first kappa shape index (κ1) is 9.04. The number of nitrogens with zero attached hydrogens (tertiary/aromatic N) is 3. The highest BCUT2D eigenvalue weighted by atomic mass is 32.1. The molecule has 6 heteroatoms. The first-order valence-electron chi connectivity index (χ1n) is 3.99. The lowest BCUT2D eigenvalue weighted by atomic mass is 10.5. The van der Waals surface area contributed by atoms with Crippen LogP contribution in [0.3, 0.4) is 0 Å². The van der Waals surface area contributed by atoms with Gasteiger partial charge in [0.05, 0.1) is 6.20 Å². The smallest absolute Gasteiger partial charge is 0.299 e. The van der Waals surface area contributed by atoms with Gasteiger partial charge in [-0.25, -0.2) is 0 Å². The molecule has 0 atom stereocenters. The summed E-state index contributed by atoms with van der Waals surface area (Å²) in [7, 11) is 0. The normalized spacial score (nSPS) is 10.1. The average molecular weight is 208 g/mol. The van der Waals surface area contributed by atoms with Crippen LogP contribution in [0.2, 0.25) is 0 Å². The predicted molar refractivity (Wildman–Crippen MR) is 52.1 cm³/mol. The van der Waals surface area contributed by atoms with Gasteiger partial charge in [0.25, 0.3) is 5.19 Å². The third kappa shape index (κ3) is 2.04.